The maximum atomic E-state index is 13.4. The summed E-state index contributed by atoms with van der Waals surface area (Å²) in [6.45, 7) is 6.04. The second kappa shape index (κ2) is 8.78. The van der Waals surface area contributed by atoms with Gasteiger partial charge in [-0.25, -0.2) is 14.4 Å². The molecule has 4 rings (SSSR count). The molecular weight excluding hydrogens is 421 g/mol. The minimum absolute atomic E-state index is 0.140. The Kier molecular flexibility index (Phi) is 6.08. The molecule has 8 nitrogen and oxygen atoms in total. The Morgan fingerprint density at radius 3 is 2.84 bits per heavy atom. The smallest absolute Gasteiger partial charge is 0.202 e. The normalized spacial score (nSPS) is 13.9. The fourth-order valence-electron chi connectivity index (χ4n) is 3.62. The van der Waals surface area contributed by atoms with Crippen LogP contribution < -0.4 is 10.4 Å². The zero-order valence-corrected chi connectivity index (χ0v) is 18.1. The van der Waals surface area contributed by atoms with Gasteiger partial charge in [-0.2, -0.15) is 4.98 Å². The number of pyridine rings is 1. The third-order valence-electron chi connectivity index (χ3n) is 5.35. The van der Waals surface area contributed by atoms with E-state index in [-0.39, 0.29) is 16.5 Å². The standard InChI is InChI=1S/C21H25ClFN7O/c1-12(2)29(13-3-4-13)10-9-26-21-27-18-15(7-8-25-20(18)28-21)19(24)30(31)14-5-6-17(23)16(22)11-14/h5-8,11-13,24,31H,3-4,9-10H2,1-2H3,(H2,25,26,27,28). The second-order valence-corrected chi connectivity index (χ2v) is 8.30. The average molecular weight is 446 g/mol. The molecule has 0 bridgehead atoms. The van der Waals surface area contributed by atoms with Gasteiger partial charge < -0.3 is 10.3 Å². The summed E-state index contributed by atoms with van der Waals surface area (Å²) in [4.78, 5) is 14.3. The molecule has 1 fully saturated rings. The van der Waals surface area contributed by atoms with Gasteiger partial charge in [0.05, 0.1) is 16.2 Å². The first-order chi connectivity index (χ1) is 14.8. The number of fused-ring (bicyclic) bond motifs is 1. The Hall–Kier alpha value is -2.75. The number of nitrogens with zero attached hydrogens (tertiary/aromatic N) is 4. The van der Waals surface area contributed by atoms with Crippen molar-refractivity contribution in [3.05, 3.63) is 46.9 Å². The van der Waals surface area contributed by atoms with Crippen LogP contribution in [0.2, 0.25) is 5.02 Å². The van der Waals surface area contributed by atoms with Crippen LogP contribution in [0.15, 0.2) is 30.5 Å². The van der Waals surface area contributed by atoms with Gasteiger partial charge in [0.2, 0.25) is 5.95 Å². The monoisotopic (exact) mass is 445 g/mol. The first kappa shape index (κ1) is 21.5. The third-order valence-corrected chi connectivity index (χ3v) is 5.64. The van der Waals surface area contributed by atoms with Crippen molar-refractivity contribution in [1.29, 1.82) is 5.41 Å². The van der Waals surface area contributed by atoms with Crippen molar-refractivity contribution in [3.63, 3.8) is 0 Å². The number of hydrogen-bond acceptors (Lipinski definition) is 6. The van der Waals surface area contributed by atoms with Crippen molar-refractivity contribution < 1.29 is 9.60 Å². The maximum absolute atomic E-state index is 13.4. The van der Waals surface area contributed by atoms with E-state index in [1.807, 2.05) is 0 Å². The molecule has 1 aromatic carbocycles. The van der Waals surface area contributed by atoms with E-state index in [2.05, 4.69) is 39.0 Å². The Morgan fingerprint density at radius 2 is 2.16 bits per heavy atom. The number of benzene rings is 1. The lowest BCUT2D eigenvalue weighted by molar-refractivity contribution is 0.220. The number of aromatic nitrogens is 3. The Labute approximate surface area is 184 Å². The van der Waals surface area contributed by atoms with E-state index in [4.69, 9.17) is 17.0 Å². The van der Waals surface area contributed by atoms with E-state index in [0.717, 1.165) is 19.2 Å². The van der Waals surface area contributed by atoms with Gasteiger partial charge in [-0.05, 0) is 51.0 Å². The molecule has 1 aliphatic carbocycles. The predicted octanol–water partition coefficient (Wildman–Crippen LogP) is 4.26. The Morgan fingerprint density at radius 1 is 1.39 bits per heavy atom. The molecule has 1 aliphatic rings. The van der Waals surface area contributed by atoms with Crippen LogP contribution in [-0.4, -0.2) is 56.1 Å². The quantitative estimate of drug-likeness (QED) is 0.235. The van der Waals surface area contributed by atoms with Gasteiger partial charge in [0.1, 0.15) is 5.82 Å². The number of halogens is 2. The van der Waals surface area contributed by atoms with Crippen LogP contribution in [0.4, 0.5) is 16.0 Å². The molecule has 0 aliphatic heterocycles. The van der Waals surface area contributed by atoms with Crippen LogP contribution in [-0.2, 0) is 0 Å². The molecule has 0 radical (unpaired) electrons. The molecule has 0 atom stereocenters. The topological polar surface area (TPSA) is 104 Å². The van der Waals surface area contributed by atoms with Gasteiger partial charge in [-0.15, -0.1) is 0 Å². The molecule has 0 saturated heterocycles. The highest BCUT2D eigenvalue weighted by molar-refractivity contribution is 6.31. The van der Waals surface area contributed by atoms with Gasteiger partial charge in [0, 0.05) is 36.9 Å². The Bertz CT molecular complexity index is 1100. The number of nitrogens with one attached hydrogen (secondary N) is 3. The summed E-state index contributed by atoms with van der Waals surface area (Å²) in [5.41, 5.74) is 1.52. The molecule has 2 heterocycles. The van der Waals surface area contributed by atoms with E-state index in [9.17, 15) is 9.60 Å². The predicted molar refractivity (Wildman–Crippen MR) is 120 cm³/mol. The van der Waals surface area contributed by atoms with Crippen LogP contribution in [0.1, 0.15) is 32.3 Å². The fraction of sp³-hybridized carbons (Fsp3) is 0.381. The molecule has 1 saturated carbocycles. The van der Waals surface area contributed by atoms with Crippen LogP contribution >= 0.6 is 11.6 Å². The molecule has 0 spiro atoms. The van der Waals surface area contributed by atoms with E-state index >= 15 is 0 Å². The summed E-state index contributed by atoms with van der Waals surface area (Å²) < 4.78 is 13.4. The zero-order valence-electron chi connectivity index (χ0n) is 17.4. The lowest BCUT2D eigenvalue weighted by Crippen LogP contribution is -2.36. The summed E-state index contributed by atoms with van der Waals surface area (Å²) in [5.74, 6) is -0.264. The summed E-state index contributed by atoms with van der Waals surface area (Å²) in [5, 5.41) is 22.7. The summed E-state index contributed by atoms with van der Waals surface area (Å²) >= 11 is 5.80. The number of H-pyrrole nitrogens is 1. The van der Waals surface area contributed by atoms with E-state index in [1.54, 1.807) is 6.07 Å². The van der Waals surface area contributed by atoms with Crippen molar-refractivity contribution in [3.8, 4) is 0 Å². The summed E-state index contributed by atoms with van der Waals surface area (Å²) in [6, 6.07) is 6.51. The van der Waals surface area contributed by atoms with E-state index in [1.165, 1.54) is 31.2 Å². The lowest BCUT2D eigenvalue weighted by atomic mass is 10.2. The molecule has 31 heavy (non-hydrogen) atoms. The van der Waals surface area contributed by atoms with Gasteiger partial charge in [-0.3, -0.25) is 15.5 Å². The van der Waals surface area contributed by atoms with Crippen molar-refractivity contribution in [2.24, 2.45) is 0 Å². The highest BCUT2D eigenvalue weighted by Crippen LogP contribution is 2.28. The molecule has 10 heteroatoms. The Balaban J connectivity index is 1.50. The molecular formula is C21H25ClFN7O. The summed E-state index contributed by atoms with van der Waals surface area (Å²) in [7, 11) is 0. The fourth-order valence-corrected chi connectivity index (χ4v) is 3.80. The highest BCUT2D eigenvalue weighted by Gasteiger charge is 2.30. The van der Waals surface area contributed by atoms with Crippen molar-refractivity contribution >= 4 is 40.2 Å². The van der Waals surface area contributed by atoms with Crippen LogP contribution in [0.25, 0.3) is 11.2 Å². The van der Waals surface area contributed by atoms with Crippen molar-refractivity contribution in [2.45, 2.75) is 38.8 Å². The summed E-state index contributed by atoms with van der Waals surface area (Å²) in [6.07, 6.45) is 4.04. The first-order valence-corrected chi connectivity index (χ1v) is 10.6. The third kappa shape index (κ3) is 4.63. The van der Waals surface area contributed by atoms with Gasteiger partial charge in [0.15, 0.2) is 11.5 Å². The number of anilines is 2. The van der Waals surface area contributed by atoms with Crippen molar-refractivity contribution in [1.82, 2.24) is 19.9 Å². The minimum atomic E-state index is -0.598. The molecule has 164 valence electrons. The number of amidine groups is 1. The van der Waals surface area contributed by atoms with Crippen LogP contribution in [0, 0.1) is 11.2 Å². The second-order valence-electron chi connectivity index (χ2n) is 7.89. The number of hydroxylamine groups is 1. The van der Waals surface area contributed by atoms with Gasteiger partial charge in [0.25, 0.3) is 0 Å². The average Bonchev–Trinajstić information content (AvgIpc) is 3.49. The molecule has 0 amide bonds. The maximum Gasteiger partial charge on any atom is 0.202 e. The highest BCUT2D eigenvalue weighted by atomic mass is 35.5. The molecule has 0 unspecified atom stereocenters. The molecule has 3 aromatic rings. The van der Waals surface area contributed by atoms with E-state index < -0.39 is 5.82 Å². The minimum Gasteiger partial charge on any atom is -0.354 e. The number of aromatic amines is 1. The van der Waals surface area contributed by atoms with Crippen LogP contribution in [0.3, 0.4) is 0 Å². The zero-order chi connectivity index (χ0) is 22.1. The molecule has 2 aromatic heterocycles. The van der Waals surface area contributed by atoms with Gasteiger partial charge >= 0.3 is 0 Å². The van der Waals surface area contributed by atoms with Crippen LogP contribution in [0.5, 0.6) is 0 Å². The molecule has 4 N–H and O–H groups in total. The number of imidazole rings is 1. The van der Waals surface area contributed by atoms with E-state index in [0.29, 0.717) is 39.8 Å². The number of rotatable bonds is 8. The number of hydrogen-bond donors (Lipinski definition) is 4. The van der Waals surface area contributed by atoms with Gasteiger partial charge in [-0.1, -0.05) is 11.6 Å². The SMILES string of the molecule is CC(C)N(CCNc1nc2nccc(C(=N)N(O)c3ccc(F)c(Cl)c3)c2[nH]1)C1CC1. The van der Waals surface area contributed by atoms with Crippen molar-refractivity contribution in [2.75, 3.05) is 23.5 Å². The largest absolute Gasteiger partial charge is 0.354 e. The lowest BCUT2D eigenvalue weighted by Gasteiger charge is -2.26. The first-order valence-electron chi connectivity index (χ1n) is 10.2.